The fourth-order valence-corrected chi connectivity index (χ4v) is 5.07. The minimum atomic E-state index is -0.449. The molecule has 3 aliphatic rings. The van der Waals surface area contributed by atoms with Gasteiger partial charge in [-0.05, 0) is 36.0 Å². The van der Waals surface area contributed by atoms with Crippen LogP contribution in [0.3, 0.4) is 0 Å². The number of amides is 2. The van der Waals surface area contributed by atoms with E-state index in [1.54, 1.807) is 18.2 Å². The lowest BCUT2D eigenvalue weighted by molar-refractivity contribution is -0.384. The Labute approximate surface area is 196 Å². The predicted octanol–water partition coefficient (Wildman–Crippen LogP) is 3.38. The van der Waals surface area contributed by atoms with Crippen LogP contribution in [0.15, 0.2) is 59.7 Å². The van der Waals surface area contributed by atoms with Crippen molar-refractivity contribution in [3.63, 3.8) is 0 Å². The molecular formula is C25H24N4O5. The van der Waals surface area contributed by atoms with Crippen molar-refractivity contribution in [1.82, 2.24) is 5.01 Å². The second kappa shape index (κ2) is 8.40. The van der Waals surface area contributed by atoms with E-state index in [4.69, 9.17) is 4.74 Å². The molecule has 34 heavy (non-hydrogen) atoms. The molecule has 0 N–H and O–H groups in total. The third-order valence-corrected chi connectivity index (χ3v) is 6.79. The van der Waals surface area contributed by atoms with Crippen LogP contribution in [0.25, 0.3) is 0 Å². The van der Waals surface area contributed by atoms with Crippen LogP contribution >= 0.6 is 0 Å². The van der Waals surface area contributed by atoms with Gasteiger partial charge in [0.25, 0.3) is 17.5 Å². The van der Waals surface area contributed by atoms with Crippen LogP contribution in [0.4, 0.5) is 11.4 Å². The number of nitrogens with zero attached hydrogens (tertiary/aromatic N) is 4. The Morgan fingerprint density at radius 3 is 2.47 bits per heavy atom. The number of hydrogen-bond acceptors (Lipinski definition) is 7. The molecule has 174 valence electrons. The van der Waals surface area contributed by atoms with E-state index in [9.17, 15) is 19.7 Å². The maximum absolute atomic E-state index is 12.9. The van der Waals surface area contributed by atoms with Crippen molar-refractivity contribution >= 4 is 29.4 Å². The van der Waals surface area contributed by atoms with Crippen LogP contribution in [0.1, 0.15) is 17.5 Å². The third kappa shape index (κ3) is 3.72. The zero-order valence-corrected chi connectivity index (χ0v) is 18.8. The van der Waals surface area contributed by atoms with Gasteiger partial charge in [-0.25, -0.2) is 0 Å². The number of allylic oxidation sites excluding steroid dienone is 2. The number of fused-ring (bicyclic) bond motifs is 5. The van der Waals surface area contributed by atoms with Gasteiger partial charge in [-0.1, -0.05) is 24.3 Å². The van der Waals surface area contributed by atoms with Crippen molar-refractivity contribution in [2.75, 3.05) is 19.0 Å². The molecule has 2 bridgehead atoms. The lowest BCUT2D eigenvalue weighted by Gasteiger charge is -2.16. The molecule has 0 radical (unpaired) electrons. The summed E-state index contributed by atoms with van der Waals surface area (Å²) >= 11 is 0. The van der Waals surface area contributed by atoms with E-state index in [1.165, 1.54) is 18.3 Å². The highest BCUT2D eigenvalue weighted by molar-refractivity contribution is 6.07. The van der Waals surface area contributed by atoms with Crippen LogP contribution in [0, 0.1) is 33.8 Å². The van der Waals surface area contributed by atoms with Gasteiger partial charge in [0.15, 0.2) is 0 Å². The number of anilines is 1. The molecule has 2 aromatic carbocycles. The number of benzene rings is 2. The lowest BCUT2D eigenvalue weighted by atomic mass is 9.85. The fraction of sp³-hybridized carbons (Fsp3) is 0.320. The fourth-order valence-electron chi connectivity index (χ4n) is 5.07. The molecule has 9 heteroatoms. The summed E-state index contributed by atoms with van der Waals surface area (Å²) in [6.45, 7) is 0.111. The predicted molar refractivity (Wildman–Crippen MR) is 125 cm³/mol. The Morgan fingerprint density at radius 2 is 1.82 bits per heavy atom. The normalized spacial score (nSPS) is 24.8. The van der Waals surface area contributed by atoms with E-state index in [0.717, 1.165) is 17.1 Å². The van der Waals surface area contributed by atoms with Crippen molar-refractivity contribution in [1.29, 1.82) is 0 Å². The van der Waals surface area contributed by atoms with Crippen LogP contribution < -0.4 is 9.64 Å². The smallest absolute Gasteiger partial charge is 0.269 e. The number of nitro groups is 1. The molecule has 2 aliphatic carbocycles. The molecule has 2 aromatic rings. The topological polar surface area (TPSA) is 105 Å². The van der Waals surface area contributed by atoms with Gasteiger partial charge in [0.1, 0.15) is 12.4 Å². The van der Waals surface area contributed by atoms with Crippen LogP contribution in [-0.2, 0) is 16.2 Å². The second-order valence-corrected chi connectivity index (χ2v) is 9.06. The molecule has 4 atom stereocenters. The Bertz CT molecular complexity index is 1210. The van der Waals surface area contributed by atoms with Gasteiger partial charge in [0.2, 0.25) is 0 Å². The number of non-ortho nitro benzene ring substituents is 1. The number of carbonyl (C=O) groups is 2. The first-order chi connectivity index (χ1) is 16.3. The van der Waals surface area contributed by atoms with Gasteiger partial charge in [-0.2, -0.15) is 10.1 Å². The molecule has 4 unspecified atom stereocenters. The minimum absolute atomic E-state index is 0.00927. The summed E-state index contributed by atoms with van der Waals surface area (Å²) in [5.74, 6) is -0.359. The number of hydrazone groups is 1. The zero-order valence-electron chi connectivity index (χ0n) is 18.8. The molecule has 2 fully saturated rings. The first kappa shape index (κ1) is 21.8. The zero-order chi connectivity index (χ0) is 24.0. The Hall–Kier alpha value is -4.01. The monoisotopic (exact) mass is 460 g/mol. The number of imide groups is 1. The van der Waals surface area contributed by atoms with E-state index in [-0.39, 0.29) is 47.8 Å². The Morgan fingerprint density at radius 1 is 1.12 bits per heavy atom. The molecule has 0 aromatic heterocycles. The van der Waals surface area contributed by atoms with E-state index in [0.29, 0.717) is 16.9 Å². The molecule has 5 rings (SSSR count). The average molecular weight is 460 g/mol. The number of carbonyl (C=O) groups excluding carboxylic acids is 2. The van der Waals surface area contributed by atoms with Gasteiger partial charge in [0.05, 0.1) is 23.0 Å². The van der Waals surface area contributed by atoms with E-state index in [2.05, 4.69) is 5.10 Å². The van der Waals surface area contributed by atoms with Crippen LogP contribution in [0.5, 0.6) is 5.75 Å². The van der Waals surface area contributed by atoms with Crippen molar-refractivity contribution < 1.29 is 19.2 Å². The molecule has 1 saturated heterocycles. The molecule has 9 nitrogen and oxygen atoms in total. The molecule has 1 saturated carbocycles. The number of nitro benzene ring substituents is 1. The summed E-state index contributed by atoms with van der Waals surface area (Å²) in [5.41, 5.74) is 2.12. The maximum Gasteiger partial charge on any atom is 0.269 e. The van der Waals surface area contributed by atoms with Crippen LogP contribution in [0.2, 0.25) is 0 Å². The number of rotatable bonds is 7. The molecule has 0 spiro atoms. The molecular weight excluding hydrogens is 436 g/mol. The Balaban J connectivity index is 1.38. The number of ether oxygens (including phenoxy) is 1. The van der Waals surface area contributed by atoms with E-state index < -0.39 is 4.92 Å². The highest BCUT2D eigenvalue weighted by atomic mass is 16.6. The van der Waals surface area contributed by atoms with Gasteiger partial charge >= 0.3 is 0 Å². The maximum atomic E-state index is 12.9. The number of hydrogen-bond donors (Lipinski definition) is 0. The lowest BCUT2D eigenvalue weighted by Crippen LogP contribution is -2.28. The van der Waals surface area contributed by atoms with Crippen molar-refractivity contribution in [3.05, 3.63) is 75.9 Å². The van der Waals surface area contributed by atoms with E-state index >= 15 is 0 Å². The summed E-state index contributed by atoms with van der Waals surface area (Å²) in [7, 11) is 3.80. The van der Waals surface area contributed by atoms with Crippen molar-refractivity contribution in [3.8, 4) is 5.75 Å². The summed E-state index contributed by atoms with van der Waals surface area (Å²) in [6, 6.07) is 11.8. The van der Waals surface area contributed by atoms with Gasteiger partial charge < -0.3 is 9.64 Å². The second-order valence-electron chi connectivity index (χ2n) is 9.06. The minimum Gasteiger partial charge on any atom is -0.488 e. The Kier molecular flexibility index (Phi) is 5.39. The third-order valence-electron chi connectivity index (χ3n) is 6.79. The van der Waals surface area contributed by atoms with Crippen molar-refractivity contribution in [2.24, 2.45) is 28.8 Å². The molecule has 2 amide bonds. The first-order valence-electron chi connectivity index (χ1n) is 11.1. The van der Waals surface area contributed by atoms with Crippen LogP contribution in [-0.4, -0.2) is 42.1 Å². The first-order valence-corrected chi connectivity index (χ1v) is 11.1. The van der Waals surface area contributed by atoms with Gasteiger partial charge in [-0.3, -0.25) is 19.7 Å². The average Bonchev–Trinajstić information content (AvgIpc) is 3.51. The summed E-state index contributed by atoms with van der Waals surface area (Å²) in [6.07, 6.45) is 6.43. The van der Waals surface area contributed by atoms with Gasteiger partial charge in [-0.15, -0.1) is 0 Å². The quantitative estimate of drug-likeness (QED) is 0.206. The van der Waals surface area contributed by atoms with Crippen molar-refractivity contribution in [2.45, 2.75) is 13.0 Å². The highest BCUT2D eigenvalue weighted by Crippen LogP contribution is 2.52. The molecule has 1 heterocycles. The SMILES string of the molecule is CN(C)c1ccc(C=NN2C(=O)C3C4C=CC(C4)C3C2=O)c(OCc2cccc([N+](=O)[O-])c2)c1. The van der Waals surface area contributed by atoms with Gasteiger partial charge in [0, 0.05) is 43.5 Å². The molecule has 1 aliphatic heterocycles. The van der Waals surface area contributed by atoms with E-state index in [1.807, 2.05) is 43.3 Å². The highest BCUT2D eigenvalue weighted by Gasteiger charge is 2.59. The standard InChI is InChI=1S/C25H24N4O5/c1-27(2)19-9-8-18(21(12-19)34-14-15-4-3-5-20(10-15)29(32)33)13-26-28-24(30)22-16-6-7-17(11-16)23(22)25(28)31/h3-10,12-13,16-17,22-23H,11,14H2,1-2H3. The summed E-state index contributed by atoms with van der Waals surface area (Å²) in [5, 5.41) is 16.3. The largest absolute Gasteiger partial charge is 0.488 e. The summed E-state index contributed by atoms with van der Waals surface area (Å²) < 4.78 is 6.00. The summed E-state index contributed by atoms with van der Waals surface area (Å²) in [4.78, 5) is 38.3.